The summed E-state index contributed by atoms with van der Waals surface area (Å²) in [5.74, 6) is -0.643. The highest BCUT2D eigenvalue weighted by Gasteiger charge is 2.48. The lowest BCUT2D eigenvalue weighted by Crippen LogP contribution is -2.47. The molecule has 2 saturated heterocycles. The summed E-state index contributed by atoms with van der Waals surface area (Å²) < 4.78 is 103. The number of carbonyl (C=O) groups excluding carboxylic acids is 1. The number of rotatable bonds is 16. The lowest BCUT2D eigenvalue weighted by molar-refractivity contribution is -0.0435. The molecule has 2 N–H and O–H groups in total. The molecule has 0 spiro atoms. The van der Waals surface area contributed by atoms with Crippen LogP contribution in [-0.4, -0.2) is 115 Å². The zero-order chi connectivity index (χ0) is 46.4. The minimum absolute atomic E-state index is 0.00638. The second-order valence-corrected chi connectivity index (χ2v) is 22.5. The van der Waals surface area contributed by atoms with Crippen LogP contribution in [0.5, 0.6) is 0 Å². The number of benzene rings is 4. The number of anilines is 2. The largest absolute Gasteiger partial charge is 0.501 e. The summed E-state index contributed by atoms with van der Waals surface area (Å²) in [5.41, 5.74) is 0.468. The van der Waals surface area contributed by atoms with E-state index in [-0.39, 0.29) is 11.0 Å². The Morgan fingerprint density at radius 3 is 2.18 bits per heavy atom. The Labute approximate surface area is 385 Å². The molecule has 0 bridgehead atoms. The molecule has 0 aromatic heterocycles. The molecule has 2 heterocycles. The van der Waals surface area contributed by atoms with E-state index in [9.17, 15) is 34.8 Å². The number of amides is 1. The van der Waals surface area contributed by atoms with Crippen molar-refractivity contribution in [2.75, 3.05) is 81.5 Å². The average molecular weight is 954 g/mol. The number of thioether (sulfide) groups is 1. The molecule has 350 valence electrons. The Balaban J connectivity index is 1.02. The summed E-state index contributed by atoms with van der Waals surface area (Å²) >= 11 is 1.45. The van der Waals surface area contributed by atoms with E-state index in [1.807, 2.05) is 35.1 Å². The number of hydrogen-bond donors (Lipinski definition) is 2. The van der Waals surface area contributed by atoms with E-state index in [1.165, 1.54) is 46.2 Å². The number of nitrogens with zero attached hydrogens (tertiary/aromatic N) is 3. The van der Waals surface area contributed by atoms with Crippen LogP contribution in [0.2, 0.25) is 0 Å². The number of nitrogens with one attached hydrogen (secondary N) is 2. The van der Waals surface area contributed by atoms with E-state index in [0.717, 1.165) is 74.7 Å². The second-order valence-electron chi connectivity index (χ2n) is 17.8. The van der Waals surface area contributed by atoms with Gasteiger partial charge in [0, 0.05) is 80.3 Å². The van der Waals surface area contributed by atoms with Crippen molar-refractivity contribution < 1.29 is 39.5 Å². The Kier molecular flexibility index (Phi) is 15.4. The number of allylic oxidation sites excluding steroid dienone is 1. The van der Waals surface area contributed by atoms with Crippen LogP contribution in [0.1, 0.15) is 61.0 Å². The fourth-order valence-corrected chi connectivity index (χ4v) is 11.6. The van der Waals surface area contributed by atoms with Gasteiger partial charge in [-0.25, -0.2) is 21.6 Å². The van der Waals surface area contributed by atoms with Gasteiger partial charge >= 0.3 is 5.51 Å². The van der Waals surface area contributed by atoms with E-state index in [0.29, 0.717) is 51.1 Å². The lowest BCUT2D eigenvalue weighted by atomic mass is 9.72. The van der Waals surface area contributed by atoms with Gasteiger partial charge in [0.2, 0.25) is 0 Å². The molecule has 17 heteroatoms. The number of ether oxygens (including phenoxy) is 1. The highest BCUT2D eigenvalue weighted by molar-refractivity contribution is 7.99. The van der Waals surface area contributed by atoms with Gasteiger partial charge in [0.1, 0.15) is 4.90 Å². The maximum Gasteiger partial charge on any atom is 0.501 e. The number of carbonyl (C=O) groups is 1. The van der Waals surface area contributed by atoms with Gasteiger partial charge in [-0.05, 0) is 104 Å². The summed E-state index contributed by atoms with van der Waals surface area (Å²) in [6.07, 6.45) is 3.71. The van der Waals surface area contributed by atoms with E-state index < -0.39 is 52.8 Å². The molecule has 0 saturated carbocycles. The van der Waals surface area contributed by atoms with Crippen molar-refractivity contribution in [3.05, 3.63) is 119 Å². The molecular weight excluding hydrogens is 896 g/mol. The number of piperazine rings is 1. The first-order valence-electron chi connectivity index (χ1n) is 22.0. The third kappa shape index (κ3) is 12.5. The molecule has 0 unspecified atom stereocenters. The van der Waals surface area contributed by atoms with Crippen LogP contribution in [0.15, 0.2) is 117 Å². The van der Waals surface area contributed by atoms with Gasteiger partial charge in [-0.1, -0.05) is 67.4 Å². The van der Waals surface area contributed by atoms with Crippen LogP contribution in [0.4, 0.5) is 24.5 Å². The predicted molar refractivity (Wildman–Crippen MR) is 252 cm³/mol. The van der Waals surface area contributed by atoms with Crippen molar-refractivity contribution in [3.63, 3.8) is 0 Å². The van der Waals surface area contributed by atoms with Crippen LogP contribution in [-0.2, 0) is 24.6 Å². The van der Waals surface area contributed by atoms with Crippen LogP contribution in [0.3, 0.4) is 0 Å². The minimum atomic E-state index is -6.05. The summed E-state index contributed by atoms with van der Waals surface area (Å²) in [6.45, 7) is 13.9. The molecule has 7 rings (SSSR count). The number of sulfonamides is 1. The van der Waals surface area contributed by atoms with Gasteiger partial charge in [-0.2, -0.15) is 13.2 Å². The van der Waals surface area contributed by atoms with Gasteiger partial charge in [0.15, 0.2) is 0 Å². The van der Waals surface area contributed by atoms with Gasteiger partial charge in [-0.3, -0.25) is 14.6 Å². The lowest BCUT2D eigenvalue weighted by Gasteiger charge is -2.39. The molecule has 65 heavy (non-hydrogen) atoms. The van der Waals surface area contributed by atoms with Gasteiger partial charge in [0.05, 0.1) is 23.8 Å². The predicted octanol–water partition coefficient (Wildman–Crippen LogP) is 8.49. The molecule has 0 radical (unpaired) electrons. The summed E-state index contributed by atoms with van der Waals surface area (Å²) in [7, 11) is -10.9. The molecular formula is C48H58F3N5O6S3. The van der Waals surface area contributed by atoms with Crippen LogP contribution < -0.4 is 14.9 Å². The first-order valence-corrected chi connectivity index (χ1v) is 25.9. The van der Waals surface area contributed by atoms with Crippen molar-refractivity contribution in [2.24, 2.45) is 5.41 Å². The van der Waals surface area contributed by atoms with E-state index in [2.05, 4.69) is 65.1 Å². The zero-order valence-electron chi connectivity index (χ0n) is 37.1. The summed E-state index contributed by atoms with van der Waals surface area (Å²) in [4.78, 5) is 19.1. The SMILES string of the molecule is Cc1ccc(C2=C(CN3CCN(c4ccc(C(=O)NS(=O)(=O)c5ccc(N[C@H](CCN6CCOCC6)CSc6ccccc6)c(S(=O)(=O)C(F)(F)F)c5)cc4)CC3)CC(C)(C)CC2)cc1. The van der Waals surface area contributed by atoms with Gasteiger partial charge in [0.25, 0.3) is 25.8 Å². The van der Waals surface area contributed by atoms with Crippen LogP contribution >= 0.6 is 11.8 Å². The molecule has 4 aromatic carbocycles. The fraction of sp³-hybridized carbons (Fsp3) is 0.438. The van der Waals surface area contributed by atoms with E-state index in [4.69, 9.17) is 4.74 Å². The average Bonchev–Trinajstić information content (AvgIpc) is 3.28. The van der Waals surface area contributed by atoms with Crippen molar-refractivity contribution >= 4 is 54.5 Å². The highest BCUT2D eigenvalue weighted by atomic mass is 32.2. The molecule has 4 aromatic rings. The molecule has 3 aliphatic rings. The first kappa shape index (κ1) is 48.5. The Morgan fingerprint density at radius 2 is 1.52 bits per heavy atom. The number of halogens is 3. The number of sulfone groups is 1. The summed E-state index contributed by atoms with van der Waals surface area (Å²) in [5, 5.41) is 3.00. The first-order chi connectivity index (χ1) is 30.9. The maximum atomic E-state index is 14.2. The zero-order valence-corrected chi connectivity index (χ0v) is 39.5. The van der Waals surface area contributed by atoms with Crippen LogP contribution in [0.25, 0.3) is 5.57 Å². The molecule has 2 aliphatic heterocycles. The fourth-order valence-electron chi connectivity index (χ4n) is 8.59. The number of alkyl halides is 3. The van der Waals surface area contributed by atoms with Gasteiger partial charge in [-0.15, -0.1) is 11.8 Å². The van der Waals surface area contributed by atoms with Crippen molar-refractivity contribution in [2.45, 2.75) is 72.7 Å². The van der Waals surface area contributed by atoms with Gasteiger partial charge < -0.3 is 15.0 Å². The molecule has 1 amide bonds. The normalized spacial score (nSPS) is 18.3. The van der Waals surface area contributed by atoms with E-state index in [1.54, 1.807) is 12.1 Å². The monoisotopic (exact) mass is 953 g/mol. The number of aryl methyl sites for hydroxylation is 1. The molecule has 11 nitrogen and oxygen atoms in total. The summed E-state index contributed by atoms with van der Waals surface area (Å²) in [6, 6.07) is 26.6. The quantitative estimate of drug-likeness (QED) is 0.105. The number of morpholine rings is 1. The Hall–Kier alpha value is -4.39. The van der Waals surface area contributed by atoms with Crippen molar-refractivity contribution in [1.29, 1.82) is 0 Å². The molecule has 1 atom stereocenters. The highest BCUT2D eigenvalue weighted by Crippen LogP contribution is 2.43. The van der Waals surface area contributed by atoms with Crippen LogP contribution in [0, 0.1) is 12.3 Å². The molecule has 2 fully saturated rings. The minimum Gasteiger partial charge on any atom is -0.380 e. The standard InChI is InChI=1S/C48H58F3N5O6S3/c1-35-9-11-36(12-10-35)43-19-21-47(2,3)32-38(43)33-55-23-25-56(26-24-55)40-15-13-37(14-16-40)46(57)53-65(60,61)42-17-18-44(45(31-42)64(58,59)48(49,50)51)52-39(20-22-54-27-29-62-30-28-54)34-63-41-7-5-4-6-8-41/h4-18,31,39,52H,19-30,32-34H2,1-3H3,(H,53,57)/t39-/m1/s1. The Bertz CT molecular complexity index is 2530. The topological polar surface area (TPSA) is 128 Å². The van der Waals surface area contributed by atoms with Crippen molar-refractivity contribution in [1.82, 2.24) is 14.5 Å². The Morgan fingerprint density at radius 1 is 0.846 bits per heavy atom. The third-order valence-corrected chi connectivity index (χ3v) is 16.4. The number of hydrogen-bond acceptors (Lipinski definition) is 11. The second kappa shape index (κ2) is 20.6. The smallest absolute Gasteiger partial charge is 0.380 e. The third-order valence-electron chi connectivity index (χ3n) is 12.4. The maximum absolute atomic E-state index is 14.2. The van der Waals surface area contributed by atoms with E-state index >= 15 is 0 Å². The van der Waals surface area contributed by atoms with Crippen molar-refractivity contribution in [3.8, 4) is 0 Å². The molecule has 1 aliphatic carbocycles.